The van der Waals surface area contributed by atoms with Gasteiger partial charge in [0.25, 0.3) is 5.91 Å². The number of hydrogen-bond acceptors (Lipinski definition) is 4. The lowest BCUT2D eigenvalue weighted by molar-refractivity contribution is -0.0399. The molecule has 0 unspecified atom stereocenters. The van der Waals surface area contributed by atoms with E-state index in [9.17, 15) is 23.5 Å². The molecular weight excluding hydrogens is 487 g/mol. The Kier molecular flexibility index (Phi) is 6.81. The molecule has 4 rings (SSSR count). The fraction of sp³-hybridized carbons (Fsp3) is 0.250. The SMILES string of the molecule is O=C(O)c1nc(-c2ccc(Cl)cc2)c(-c2ccc(Cl)cc2)nc1C(=O)NC1CCC(F)(F)CC1. The molecular formula is C24H19Cl2F2N3O3. The van der Waals surface area contributed by atoms with Crippen LogP contribution in [0.5, 0.6) is 0 Å². The van der Waals surface area contributed by atoms with E-state index in [4.69, 9.17) is 23.2 Å². The van der Waals surface area contributed by atoms with E-state index in [1.165, 1.54) is 0 Å². The average Bonchev–Trinajstić information content (AvgIpc) is 2.80. The van der Waals surface area contributed by atoms with Crippen molar-refractivity contribution in [3.05, 3.63) is 70.0 Å². The van der Waals surface area contributed by atoms with Gasteiger partial charge in [0.15, 0.2) is 11.4 Å². The first-order chi connectivity index (χ1) is 16.1. The van der Waals surface area contributed by atoms with Crippen LogP contribution in [0.25, 0.3) is 22.5 Å². The molecule has 10 heteroatoms. The molecule has 1 aliphatic rings. The Hall–Kier alpha value is -3.10. The second kappa shape index (κ2) is 9.64. The highest BCUT2D eigenvalue weighted by Crippen LogP contribution is 2.34. The highest BCUT2D eigenvalue weighted by atomic mass is 35.5. The monoisotopic (exact) mass is 505 g/mol. The molecule has 2 N–H and O–H groups in total. The minimum Gasteiger partial charge on any atom is -0.476 e. The summed E-state index contributed by atoms with van der Waals surface area (Å²) in [5.74, 6) is -4.97. The summed E-state index contributed by atoms with van der Waals surface area (Å²) in [6.07, 6.45) is -0.523. The molecule has 0 bridgehead atoms. The van der Waals surface area contributed by atoms with Gasteiger partial charge < -0.3 is 10.4 Å². The number of amides is 1. The van der Waals surface area contributed by atoms with E-state index in [-0.39, 0.29) is 37.1 Å². The zero-order valence-corrected chi connectivity index (χ0v) is 19.2. The quantitative estimate of drug-likeness (QED) is 0.435. The highest BCUT2D eigenvalue weighted by Gasteiger charge is 2.36. The third kappa shape index (κ3) is 5.34. The van der Waals surface area contributed by atoms with E-state index in [0.29, 0.717) is 21.2 Å². The Balaban J connectivity index is 1.79. The molecule has 0 atom stereocenters. The summed E-state index contributed by atoms with van der Waals surface area (Å²) in [4.78, 5) is 33.7. The number of halogens is 4. The molecule has 2 aromatic carbocycles. The normalized spacial score (nSPS) is 15.6. The number of alkyl halides is 2. The smallest absolute Gasteiger partial charge is 0.357 e. The van der Waals surface area contributed by atoms with Gasteiger partial charge in [0.2, 0.25) is 5.92 Å². The van der Waals surface area contributed by atoms with E-state index in [1.54, 1.807) is 48.5 Å². The average molecular weight is 506 g/mol. The Morgan fingerprint density at radius 1 is 0.853 bits per heavy atom. The number of carboxylic acids is 1. The van der Waals surface area contributed by atoms with Crippen molar-refractivity contribution in [1.29, 1.82) is 0 Å². The van der Waals surface area contributed by atoms with Crippen LogP contribution in [0.4, 0.5) is 8.78 Å². The molecule has 34 heavy (non-hydrogen) atoms. The molecule has 1 aromatic heterocycles. The van der Waals surface area contributed by atoms with Crippen molar-refractivity contribution in [3.63, 3.8) is 0 Å². The molecule has 1 fully saturated rings. The summed E-state index contributed by atoms with van der Waals surface area (Å²) in [5, 5.41) is 13.4. The van der Waals surface area contributed by atoms with Crippen LogP contribution in [0.1, 0.15) is 46.7 Å². The van der Waals surface area contributed by atoms with Crippen LogP contribution in [0.15, 0.2) is 48.5 Å². The number of carboxylic acid groups (broad SMARTS) is 1. The Bertz CT molecular complexity index is 1230. The Morgan fingerprint density at radius 3 is 1.74 bits per heavy atom. The van der Waals surface area contributed by atoms with E-state index in [1.807, 2.05) is 0 Å². The van der Waals surface area contributed by atoms with Crippen LogP contribution in [0, 0.1) is 0 Å². The molecule has 6 nitrogen and oxygen atoms in total. The van der Waals surface area contributed by atoms with Crippen molar-refractivity contribution in [2.45, 2.75) is 37.6 Å². The summed E-state index contributed by atoms with van der Waals surface area (Å²) in [5.41, 5.74) is 0.680. The number of nitrogens with one attached hydrogen (secondary N) is 1. The minimum atomic E-state index is -2.75. The molecule has 0 saturated heterocycles. The van der Waals surface area contributed by atoms with Gasteiger partial charge in [0, 0.05) is 40.1 Å². The van der Waals surface area contributed by atoms with Crippen LogP contribution >= 0.6 is 23.2 Å². The second-order valence-electron chi connectivity index (χ2n) is 8.04. The topological polar surface area (TPSA) is 92.2 Å². The van der Waals surface area contributed by atoms with Crippen molar-refractivity contribution in [2.24, 2.45) is 0 Å². The van der Waals surface area contributed by atoms with Crippen LogP contribution in [-0.4, -0.2) is 38.9 Å². The third-order valence-corrected chi connectivity index (χ3v) is 6.11. The van der Waals surface area contributed by atoms with Crippen molar-refractivity contribution in [2.75, 3.05) is 0 Å². The van der Waals surface area contributed by atoms with Gasteiger partial charge in [-0.1, -0.05) is 47.5 Å². The van der Waals surface area contributed by atoms with Crippen molar-refractivity contribution in [1.82, 2.24) is 15.3 Å². The van der Waals surface area contributed by atoms with E-state index in [2.05, 4.69) is 15.3 Å². The second-order valence-corrected chi connectivity index (χ2v) is 8.91. The van der Waals surface area contributed by atoms with Crippen molar-refractivity contribution in [3.8, 4) is 22.5 Å². The number of benzene rings is 2. The largest absolute Gasteiger partial charge is 0.476 e. The molecule has 1 heterocycles. The van der Waals surface area contributed by atoms with Gasteiger partial charge in [-0.3, -0.25) is 4.79 Å². The van der Waals surface area contributed by atoms with Crippen LogP contribution in [0.2, 0.25) is 10.0 Å². The zero-order valence-electron chi connectivity index (χ0n) is 17.7. The first-order valence-corrected chi connectivity index (χ1v) is 11.2. The van der Waals surface area contributed by atoms with E-state index >= 15 is 0 Å². The summed E-state index contributed by atoms with van der Waals surface area (Å²) in [6, 6.07) is 12.7. The van der Waals surface area contributed by atoms with Crippen molar-refractivity contribution < 1.29 is 23.5 Å². The summed E-state index contributed by atoms with van der Waals surface area (Å²) in [6.45, 7) is 0. The number of hydrogen-bond donors (Lipinski definition) is 2. The summed E-state index contributed by atoms with van der Waals surface area (Å²) >= 11 is 12.0. The van der Waals surface area contributed by atoms with Gasteiger partial charge in [-0.2, -0.15) is 0 Å². The maximum absolute atomic E-state index is 13.5. The number of rotatable bonds is 5. The van der Waals surface area contributed by atoms with Gasteiger partial charge >= 0.3 is 5.97 Å². The predicted molar refractivity (Wildman–Crippen MR) is 125 cm³/mol. The van der Waals surface area contributed by atoms with E-state index in [0.717, 1.165) is 0 Å². The zero-order chi connectivity index (χ0) is 24.5. The Labute approximate surface area is 204 Å². The predicted octanol–water partition coefficient (Wildman–Crippen LogP) is 6.12. The molecule has 1 amide bonds. The molecule has 176 valence electrons. The van der Waals surface area contributed by atoms with Gasteiger partial charge in [0.1, 0.15) is 0 Å². The first kappa shape index (κ1) is 24.0. The number of aromatic carboxylic acids is 1. The number of nitrogens with zero attached hydrogens (tertiary/aromatic N) is 2. The van der Waals surface area contributed by atoms with Crippen molar-refractivity contribution >= 4 is 35.1 Å². The van der Waals surface area contributed by atoms with Crippen LogP contribution in [0.3, 0.4) is 0 Å². The lowest BCUT2D eigenvalue weighted by Gasteiger charge is -2.28. The van der Waals surface area contributed by atoms with E-state index < -0.39 is 35.2 Å². The highest BCUT2D eigenvalue weighted by molar-refractivity contribution is 6.31. The molecule has 1 saturated carbocycles. The van der Waals surface area contributed by atoms with Gasteiger partial charge in [-0.15, -0.1) is 0 Å². The lowest BCUT2D eigenvalue weighted by Crippen LogP contribution is -2.41. The number of carbonyl (C=O) groups excluding carboxylic acids is 1. The summed E-state index contributed by atoms with van der Waals surface area (Å²) < 4.78 is 27.0. The fourth-order valence-electron chi connectivity index (χ4n) is 3.80. The van der Waals surface area contributed by atoms with Gasteiger partial charge in [-0.05, 0) is 37.1 Å². The minimum absolute atomic E-state index is 0.0848. The van der Waals surface area contributed by atoms with Crippen LogP contribution in [-0.2, 0) is 0 Å². The summed E-state index contributed by atoms with van der Waals surface area (Å²) in [7, 11) is 0. The molecule has 3 aromatic rings. The molecule has 0 aliphatic heterocycles. The standard InChI is InChI=1S/C24H19Cl2F2N3O3/c25-15-5-1-13(2-6-15)18-19(14-3-7-16(26)8-4-14)31-21(23(33)34)20(30-18)22(32)29-17-9-11-24(27,28)12-10-17/h1-8,17H,9-12H2,(H,29,32)(H,33,34). The third-order valence-electron chi connectivity index (χ3n) is 5.60. The fourth-order valence-corrected chi connectivity index (χ4v) is 4.05. The maximum atomic E-state index is 13.5. The van der Waals surface area contributed by atoms with Gasteiger partial charge in [0.05, 0.1) is 11.4 Å². The van der Waals surface area contributed by atoms with Crippen LogP contribution < -0.4 is 5.32 Å². The maximum Gasteiger partial charge on any atom is 0.357 e. The lowest BCUT2D eigenvalue weighted by atomic mass is 9.92. The number of aromatic nitrogens is 2. The molecule has 0 spiro atoms. The first-order valence-electron chi connectivity index (χ1n) is 10.5. The molecule has 1 aliphatic carbocycles. The molecule has 0 radical (unpaired) electrons. The Morgan fingerprint density at radius 2 is 1.29 bits per heavy atom. The number of carbonyl (C=O) groups is 2. The van der Waals surface area contributed by atoms with Gasteiger partial charge in [-0.25, -0.2) is 23.5 Å².